The molecule has 1 aromatic heterocycles. The van der Waals surface area contributed by atoms with E-state index in [4.69, 9.17) is 4.98 Å². The molecule has 1 unspecified atom stereocenters. The van der Waals surface area contributed by atoms with Crippen LogP contribution in [0.1, 0.15) is 92.2 Å². The van der Waals surface area contributed by atoms with Crippen LogP contribution in [-0.2, 0) is 6.42 Å². The Labute approximate surface area is 127 Å². The molecule has 0 bridgehead atoms. The molecular weight excluding hydrogens is 264 g/mol. The van der Waals surface area contributed by atoms with Gasteiger partial charge in [-0.1, -0.05) is 32.6 Å². The fourth-order valence-electron chi connectivity index (χ4n) is 3.66. The second-order valence-corrected chi connectivity index (χ2v) is 7.56. The summed E-state index contributed by atoms with van der Waals surface area (Å²) in [5.41, 5.74) is 1.41. The van der Waals surface area contributed by atoms with Crippen LogP contribution in [-0.4, -0.2) is 11.5 Å². The second kappa shape index (κ2) is 7.04. The summed E-state index contributed by atoms with van der Waals surface area (Å²) in [5, 5.41) is 5.16. The Kier molecular flexibility index (Phi) is 5.11. The number of nitrogens with zero attached hydrogens (tertiary/aromatic N) is 1. The van der Waals surface area contributed by atoms with E-state index in [0.29, 0.717) is 6.04 Å². The molecule has 0 spiro atoms. The molecule has 2 aliphatic rings. The lowest BCUT2D eigenvalue weighted by Crippen LogP contribution is -2.25. The Balaban J connectivity index is 1.75. The summed E-state index contributed by atoms with van der Waals surface area (Å²) < 4.78 is 0. The Morgan fingerprint density at radius 1 is 1.10 bits per heavy atom. The summed E-state index contributed by atoms with van der Waals surface area (Å²) in [5.74, 6) is 0.764. The highest BCUT2D eigenvalue weighted by Crippen LogP contribution is 2.39. The highest BCUT2D eigenvalue weighted by atomic mass is 32.1. The maximum Gasteiger partial charge on any atom is 0.0962 e. The van der Waals surface area contributed by atoms with Crippen molar-refractivity contribution in [1.29, 1.82) is 0 Å². The van der Waals surface area contributed by atoms with Gasteiger partial charge in [0.2, 0.25) is 0 Å². The van der Waals surface area contributed by atoms with Gasteiger partial charge in [0.1, 0.15) is 0 Å². The molecule has 1 N–H and O–H groups in total. The minimum Gasteiger partial charge on any atom is -0.309 e. The van der Waals surface area contributed by atoms with Crippen molar-refractivity contribution in [1.82, 2.24) is 10.3 Å². The number of fused-ring (bicyclic) bond motifs is 1. The molecule has 1 heterocycles. The van der Waals surface area contributed by atoms with Crippen LogP contribution in [0.2, 0.25) is 0 Å². The molecular formula is C17H28N2S. The lowest BCUT2D eigenvalue weighted by Gasteiger charge is -2.22. The number of thiazole rings is 1. The van der Waals surface area contributed by atoms with Gasteiger partial charge in [-0.25, -0.2) is 4.98 Å². The number of hydrogen-bond acceptors (Lipinski definition) is 3. The molecule has 0 aromatic carbocycles. The third-order valence-corrected chi connectivity index (χ3v) is 6.11. The van der Waals surface area contributed by atoms with Gasteiger partial charge >= 0.3 is 0 Å². The monoisotopic (exact) mass is 292 g/mol. The third-order valence-electron chi connectivity index (χ3n) is 4.82. The van der Waals surface area contributed by atoms with Gasteiger partial charge < -0.3 is 5.32 Å². The maximum atomic E-state index is 5.11. The van der Waals surface area contributed by atoms with E-state index < -0.39 is 0 Å². The highest BCUT2D eigenvalue weighted by Gasteiger charge is 2.26. The molecule has 1 fully saturated rings. The summed E-state index contributed by atoms with van der Waals surface area (Å²) in [6.07, 6.45) is 13.5. The van der Waals surface area contributed by atoms with E-state index in [1.54, 1.807) is 4.88 Å². The summed E-state index contributed by atoms with van der Waals surface area (Å²) in [6, 6.07) is 0.537. The number of nitrogens with one attached hydrogen (secondary N) is 1. The van der Waals surface area contributed by atoms with E-state index in [1.165, 1.54) is 74.9 Å². The van der Waals surface area contributed by atoms with Crippen molar-refractivity contribution in [3.8, 4) is 0 Å². The van der Waals surface area contributed by atoms with Crippen molar-refractivity contribution < 1.29 is 0 Å². The van der Waals surface area contributed by atoms with Crippen LogP contribution < -0.4 is 5.32 Å². The quantitative estimate of drug-likeness (QED) is 0.794. The van der Waals surface area contributed by atoms with Crippen LogP contribution in [0.3, 0.4) is 0 Å². The van der Waals surface area contributed by atoms with Gasteiger partial charge in [0, 0.05) is 10.8 Å². The predicted molar refractivity (Wildman–Crippen MR) is 86.5 cm³/mol. The minimum atomic E-state index is 0.537. The zero-order valence-electron chi connectivity index (χ0n) is 12.8. The van der Waals surface area contributed by atoms with Gasteiger partial charge in [-0.3, -0.25) is 0 Å². The van der Waals surface area contributed by atoms with Gasteiger partial charge in [0.05, 0.1) is 16.7 Å². The van der Waals surface area contributed by atoms with Gasteiger partial charge in [-0.15, -0.1) is 11.3 Å². The van der Waals surface area contributed by atoms with Crippen molar-refractivity contribution in [3.63, 3.8) is 0 Å². The molecule has 0 saturated heterocycles. The summed E-state index contributed by atoms with van der Waals surface area (Å²) >= 11 is 2.04. The summed E-state index contributed by atoms with van der Waals surface area (Å²) in [4.78, 5) is 6.69. The van der Waals surface area contributed by atoms with Crippen LogP contribution in [0.4, 0.5) is 0 Å². The van der Waals surface area contributed by atoms with E-state index >= 15 is 0 Å². The number of hydrogen-bond donors (Lipinski definition) is 1. The molecule has 1 aromatic rings. The standard InChI is InChI=1S/C17H28N2S/c1-2-12-18-14-10-7-11-15-16(14)19-17(20-15)13-8-5-3-4-6-9-13/h13-14,18H,2-12H2,1H3. The zero-order chi connectivity index (χ0) is 13.8. The van der Waals surface area contributed by atoms with Crippen LogP contribution >= 0.6 is 11.3 Å². The average molecular weight is 292 g/mol. The number of aryl methyl sites for hydroxylation is 1. The molecule has 112 valence electrons. The zero-order valence-corrected chi connectivity index (χ0v) is 13.6. The van der Waals surface area contributed by atoms with Crippen molar-refractivity contribution >= 4 is 11.3 Å². The number of aromatic nitrogens is 1. The van der Waals surface area contributed by atoms with Gasteiger partial charge in [-0.05, 0) is 45.1 Å². The van der Waals surface area contributed by atoms with Crippen molar-refractivity contribution in [2.45, 2.75) is 83.1 Å². The molecule has 0 aliphatic heterocycles. The third kappa shape index (κ3) is 3.25. The lowest BCUT2D eigenvalue weighted by molar-refractivity contribution is 0.452. The first-order valence-electron chi connectivity index (χ1n) is 8.61. The van der Waals surface area contributed by atoms with Crippen LogP contribution in [0, 0.1) is 0 Å². The fraction of sp³-hybridized carbons (Fsp3) is 0.824. The normalized spacial score (nSPS) is 24.4. The molecule has 2 aliphatic carbocycles. The molecule has 1 saturated carbocycles. The largest absolute Gasteiger partial charge is 0.309 e. The first-order valence-corrected chi connectivity index (χ1v) is 9.43. The number of rotatable bonds is 4. The second-order valence-electron chi connectivity index (χ2n) is 6.45. The minimum absolute atomic E-state index is 0.537. The average Bonchev–Trinajstić information content (AvgIpc) is 2.72. The fourth-order valence-corrected chi connectivity index (χ4v) is 4.99. The SMILES string of the molecule is CCCNC1CCCc2sc(C3CCCCCC3)nc21. The highest BCUT2D eigenvalue weighted by molar-refractivity contribution is 7.11. The molecule has 1 atom stereocenters. The van der Waals surface area contributed by atoms with Gasteiger partial charge in [-0.2, -0.15) is 0 Å². The Hall–Kier alpha value is -0.410. The predicted octanol–water partition coefficient (Wildman–Crippen LogP) is 4.96. The van der Waals surface area contributed by atoms with E-state index in [2.05, 4.69) is 12.2 Å². The molecule has 3 rings (SSSR count). The maximum absolute atomic E-state index is 5.11. The Bertz CT molecular complexity index is 419. The van der Waals surface area contributed by atoms with E-state index in [9.17, 15) is 0 Å². The molecule has 3 heteroatoms. The molecule has 0 radical (unpaired) electrons. The first kappa shape index (κ1) is 14.5. The Morgan fingerprint density at radius 2 is 1.90 bits per heavy atom. The summed E-state index contributed by atoms with van der Waals surface area (Å²) in [6.45, 7) is 3.37. The van der Waals surface area contributed by atoms with Crippen molar-refractivity contribution in [2.75, 3.05) is 6.54 Å². The molecule has 0 amide bonds. The molecule has 2 nitrogen and oxygen atoms in total. The molecule has 20 heavy (non-hydrogen) atoms. The van der Waals surface area contributed by atoms with E-state index in [1.807, 2.05) is 11.3 Å². The van der Waals surface area contributed by atoms with E-state index in [0.717, 1.165) is 12.5 Å². The topological polar surface area (TPSA) is 24.9 Å². The smallest absolute Gasteiger partial charge is 0.0962 e. The van der Waals surface area contributed by atoms with Crippen molar-refractivity contribution in [2.24, 2.45) is 0 Å². The first-order chi connectivity index (χ1) is 9.88. The lowest BCUT2D eigenvalue weighted by atomic mass is 9.97. The van der Waals surface area contributed by atoms with Crippen molar-refractivity contribution in [3.05, 3.63) is 15.6 Å². The van der Waals surface area contributed by atoms with E-state index in [-0.39, 0.29) is 0 Å². The summed E-state index contributed by atoms with van der Waals surface area (Å²) in [7, 11) is 0. The van der Waals surface area contributed by atoms with Crippen LogP contribution in [0.25, 0.3) is 0 Å². The van der Waals surface area contributed by atoms with Gasteiger partial charge in [0.15, 0.2) is 0 Å². The Morgan fingerprint density at radius 3 is 2.65 bits per heavy atom. The van der Waals surface area contributed by atoms with Crippen LogP contribution in [0.15, 0.2) is 0 Å². The van der Waals surface area contributed by atoms with Crippen LogP contribution in [0.5, 0.6) is 0 Å². The van der Waals surface area contributed by atoms with Gasteiger partial charge in [0.25, 0.3) is 0 Å².